The average molecular weight is 725 g/mol. The Labute approximate surface area is 300 Å². The number of aliphatic hydroxyl groups excluding tert-OH is 6. The van der Waals surface area contributed by atoms with Gasteiger partial charge in [-0.15, -0.1) is 0 Å². The predicted molar refractivity (Wildman–Crippen MR) is 178 cm³/mol. The summed E-state index contributed by atoms with van der Waals surface area (Å²) in [5.41, 5.74) is 0.161. The molecule has 4 saturated heterocycles. The quantitative estimate of drug-likeness (QED) is 0.193. The molecular weight excluding hydrogens is 664 g/mol. The lowest BCUT2D eigenvalue weighted by molar-refractivity contribution is -0.337. The molecule has 4 heterocycles. The number of rotatable bonds is 6. The first-order chi connectivity index (χ1) is 24.2. The van der Waals surface area contributed by atoms with E-state index in [1.807, 2.05) is 0 Å². The summed E-state index contributed by atoms with van der Waals surface area (Å²) in [6.07, 6.45) is -2.17. The van der Waals surface area contributed by atoms with Crippen LogP contribution in [0.4, 0.5) is 0 Å². The highest BCUT2D eigenvalue weighted by molar-refractivity contribution is 5.29. The van der Waals surface area contributed by atoms with Gasteiger partial charge in [-0.1, -0.05) is 39.3 Å². The fourth-order valence-electron chi connectivity index (χ4n) is 12.3. The van der Waals surface area contributed by atoms with Crippen LogP contribution in [0.15, 0.2) is 11.6 Å². The molecule has 1 spiro atoms. The summed E-state index contributed by atoms with van der Waals surface area (Å²) in [4.78, 5) is 0. The van der Waals surface area contributed by atoms with Crippen molar-refractivity contribution in [2.24, 2.45) is 40.4 Å². The topological polar surface area (TPSA) is 197 Å². The van der Waals surface area contributed by atoms with Gasteiger partial charge in [-0.2, -0.15) is 0 Å². The zero-order valence-corrected chi connectivity index (χ0v) is 30.4. The summed E-state index contributed by atoms with van der Waals surface area (Å²) in [7, 11) is 0. The highest BCUT2D eigenvalue weighted by Gasteiger charge is 2.76. The summed E-state index contributed by atoms with van der Waals surface area (Å²) in [6.45, 7) is 8.65. The Kier molecular flexibility index (Phi) is 9.60. The minimum Gasteiger partial charge on any atom is -0.394 e. The van der Waals surface area contributed by atoms with E-state index in [2.05, 4.69) is 33.8 Å². The first kappa shape index (κ1) is 37.2. The number of hydrogen-bond acceptors (Lipinski definition) is 13. The molecule has 13 nitrogen and oxygen atoms in total. The third kappa shape index (κ3) is 5.43. The maximum atomic E-state index is 12.7. The normalized spacial score (nSPS) is 58.1. The molecule has 7 N–H and O–H groups in total. The first-order valence-corrected chi connectivity index (χ1v) is 19.5. The van der Waals surface area contributed by atoms with E-state index >= 15 is 0 Å². The maximum Gasteiger partial charge on any atom is 0.187 e. The molecule has 8 aliphatic rings. The molecule has 4 aliphatic heterocycles. The van der Waals surface area contributed by atoms with Crippen molar-refractivity contribution in [2.75, 3.05) is 19.8 Å². The molecule has 7 fully saturated rings. The van der Waals surface area contributed by atoms with Crippen LogP contribution in [0.2, 0.25) is 0 Å². The minimum absolute atomic E-state index is 0.0159. The van der Waals surface area contributed by atoms with Gasteiger partial charge in [-0.05, 0) is 80.5 Å². The van der Waals surface area contributed by atoms with Crippen LogP contribution in [0.3, 0.4) is 0 Å². The molecule has 4 aliphatic carbocycles. The van der Waals surface area contributed by atoms with Crippen LogP contribution in [0, 0.1) is 40.4 Å². The number of ether oxygens (including phenoxy) is 6. The van der Waals surface area contributed by atoms with Crippen LogP contribution < -0.4 is 0 Å². The number of aliphatic hydroxyl groups is 7. The molecule has 0 radical (unpaired) electrons. The maximum absolute atomic E-state index is 12.7. The Morgan fingerprint density at radius 1 is 0.824 bits per heavy atom. The van der Waals surface area contributed by atoms with Crippen LogP contribution in [0.25, 0.3) is 0 Å². The average Bonchev–Trinajstić information content (AvgIpc) is 3.61. The van der Waals surface area contributed by atoms with Gasteiger partial charge in [0, 0.05) is 17.8 Å². The minimum atomic E-state index is -1.54. The second-order valence-electron chi connectivity index (χ2n) is 17.9. The summed E-state index contributed by atoms with van der Waals surface area (Å²) in [5.74, 6) is 1.00. The number of hydrogen-bond donors (Lipinski definition) is 7. The number of allylic oxidation sites excluding steroid dienone is 1. The van der Waals surface area contributed by atoms with Crippen LogP contribution in [0.5, 0.6) is 0 Å². The molecule has 0 aromatic rings. The van der Waals surface area contributed by atoms with Crippen molar-refractivity contribution < 1.29 is 64.2 Å². The zero-order valence-electron chi connectivity index (χ0n) is 30.4. The lowest BCUT2D eigenvalue weighted by Crippen LogP contribution is -2.62. The monoisotopic (exact) mass is 724 g/mol. The molecule has 0 aromatic heterocycles. The van der Waals surface area contributed by atoms with Crippen molar-refractivity contribution >= 4 is 0 Å². The van der Waals surface area contributed by atoms with Gasteiger partial charge in [-0.25, -0.2) is 0 Å². The fraction of sp³-hybridized carbons (Fsp3) is 0.947. The van der Waals surface area contributed by atoms with E-state index in [0.29, 0.717) is 36.7 Å². The van der Waals surface area contributed by atoms with Crippen LogP contribution in [-0.2, 0) is 28.4 Å². The van der Waals surface area contributed by atoms with Gasteiger partial charge >= 0.3 is 0 Å². The summed E-state index contributed by atoms with van der Waals surface area (Å²) < 4.78 is 36.6. The SMILES string of the molecule is CC1CCC2(OC1)OC1CC3C4CC=C5CC(OC6OC(CO)C(OC7OC(CO)C(O)C7O)C(O)C6O)CCC5(C)C4CCC3(C)C1(O)C2C. The Hall–Kier alpha value is -0.780. The van der Waals surface area contributed by atoms with Gasteiger partial charge in [0.2, 0.25) is 0 Å². The fourth-order valence-corrected chi connectivity index (χ4v) is 12.3. The summed E-state index contributed by atoms with van der Waals surface area (Å²) in [6, 6.07) is 0. The van der Waals surface area contributed by atoms with Crippen LogP contribution in [0.1, 0.15) is 85.5 Å². The third-order valence-corrected chi connectivity index (χ3v) is 15.5. The van der Waals surface area contributed by atoms with Gasteiger partial charge < -0.3 is 64.2 Å². The molecular formula is C38H60O13. The van der Waals surface area contributed by atoms with Crippen molar-refractivity contribution in [1.82, 2.24) is 0 Å². The van der Waals surface area contributed by atoms with E-state index in [4.69, 9.17) is 28.4 Å². The van der Waals surface area contributed by atoms with E-state index in [9.17, 15) is 35.7 Å². The van der Waals surface area contributed by atoms with E-state index in [-0.39, 0.29) is 29.0 Å². The molecule has 290 valence electrons. The largest absolute Gasteiger partial charge is 0.394 e. The standard InChI is InChI=1S/C38H60O13/c1-18-7-12-37(46-17-18)19(2)38(45)27(51-37)14-24-22-6-5-20-13-21(8-10-35(20,3)23(22)9-11-36(24,38)4)47-33-31(44)29(42)32(26(16-40)49-33)50-34-30(43)28(41)25(15-39)48-34/h5,18-19,21-34,39-45H,6-17H2,1-4H3. The molecule has 20 unspecified atom stereocenters. The van der Waals surface area contributed by atoms with E-state index in [1.165, 1.54) is 5.57 Å². The van der Waals surface area contributed by atoms with E-state index in [1.54, 1.807) is 0 Å². The molecule has 0 aromatic carbocycles. The van der Waals surface area contributed by atoms with Crippen molar-refractivity contribution in [2.45, 2.75) is 164 Å². The van der Waals surface area contributed by atoms with Gasteiger partial charge in [0.25, 0.3) is 0 Å². The molecule has 0 bridgehead atoms. The smallest absolute Gasteiger partial charge is 0.187 e. The highest BCUT2D eigenvalue weighted by atomic mass is 16.7. The summed E-state index contributed by atoms with van der Waals surface area (Å²) in [5, 5.41) is 74.8. The van der Waals surface area contributed by atoms with Gasteiger partial charge in [-0.3, -0.25) is 0 Å². The van der Waals surface area contributed by atoms with Crippen molar-refractivity contribution in [3.05, 3.63) is 11.6 Å². The van der Waals surface area contributed by atoms with Crippen molar-refractivity contribution in [3.63, 3.8) is 0 Å². The molecule has 51 heavy (non-hydrogen) atoms. The molecule has 13 heteroatoms. The Morgan fingerprint density at radius 3 is 2.22 bits per heavy atom. The second-order valence-corrected chi connectivity index (χ2v) is 17.9. The summed E-state index contributed by atoms with van der Waals surface area (Å²) >= 11 is 0. The zero-order chi connectivity index (χ0) is 36.2. The third-order valence-electron chi connectivity index (χ3n) is 15.5. The van der Waals surface area contributed by atoms with Crippen molar-refractivity contribution in [1.29, 1.82) is 0 Å². The molecule has 0 amide bonds. The van der Waals surface area contributed by atoms with Gasteiger partial charge in [0.1, 0.15) is 48.3 Å². The van der Waals surface area contributed by atoms with Crippen molar-refractivity contribution in [3.8, 4) is 0 Å². The Morgan fingerprint density at radius 2 is 1.53 bits per heavy atom. The molecule has 20 atom stereocenters. The Balaban J connectivity index is 0.929. The second kappa shape index (κ2) is 13.2. The van der Waals surface area contributed by atoms with Gasteiger partial charge in [0.05, 0.1) is 32.0 Å². The Bertz CT molecular complexity index is 1320. The first-order valence-electron chi connectivity index (χ1n) is 19.5. The lowest BCUT2D eigenvalue weighted by atomic mass is 9.46. The highest BCUT2D eigenvalue weighted by Crippen LogP contribution is 2.72. The lowest BCUT2D eigenvalue weighted by Gasteiger charge is -2.60. The van der Waals surface area contributed by atoms with Gasteiger partial charge in [0.15, 0.2) is 18.4 Å². The predicted octanol–water partition coefficient (Wildman–Crippen LogP) is 1.12. The van der Waals surface area contributed by atoms with Crippen LogP contribution in [-0.4, -0.2) is 134 Å². The number of fused-ring (bicyclic) bond motifs is 7. The van der Waals surface area contributed by atoms with Crippen LogP contribution >= 0.6 is 0 Å². The van der Waals surface area contributed by atoms with E-state index < -0.39 is 79.9 Å². The molecule has 8 rings (SSSR count). The van der Waals surface area contributed by atoms with E-state index in [0.717, 1.165) is 51.4 Å². The molecule has 3 saturated carbocycles.